The molecule has 1 fully saturated rings. The van der Waals surface area contributed by atoms with Gasteiger partial charge in [-0.25, -0.2) is 4.39 Å². The third-order valence-corrected chi connectivity index (χ3v) is 5.43. The second-order valence-corrected chi connectivity index (χ2v) is 6.21. The van der Waals surface area contributed by atoms with Crippen molar-refractivity contribution in [3.63, 3.8) is 0 Å². The standard InChI is InChI=1S/C14H17BrClFO/c1-3-14(4-2)12(16)8-13(14)18-11-7-9(17)5-6-10(11)15/h5-7,12-13H,3-4,8H2,1-2H3. The molecule has 1 aromatic carbocycles. The van der Waals surface area contributed by atoms with Gasteiger partial charge in [-0.3, -0.25) is 0 Å². The SMILES string of the molecule is CCC1(CC)C(Cl)CC1Oc1cc(F)ccc1Br. The van der Waals surface area contributed by atoms with Crippen LogP contribution in [0, 0.1) is 11.2 Å². The predicted octanol–water partition coefficient (Wildman–Crippen LogP) is 5.15. The molecule has 2 atom stereocenters. The van der Waals surface area contributed by atoms with Gasteiger partial charge in [0.15, 0.2) is 0 Å². The second-order valence-electron chi connectivity index (χ2n) is 4.82. The van der Waals surface area contributed by atoms with E-state index in [0.29, 0.717) is 5.75 Å². The summed E-state index contributed by atoms with van der Waals surface area (Å²) in [5.74, 6) is 0.281. The zero-order valence-electron chi connectivity index (χ0n) is 10.6. The van der Waals surface area contributed by atoms with Gasteiger partial charge in [0.2, 0.25) is 0 Å². The summed E-state index contributed by atoms with van der Waals surface area (Å²) < 4.78 is 20.0. The lowest BCUT2D eigenvalue weighted by atomic mass is 9.62. The molecule has 0 saturated heterocycles. The van der Waals surface area contributed by atoms with E-state index < -0.39 is 0 Å². The number of rotatable bonds is 4. The van der Waals surface area contributed by atoms with Crippen molar-refractivity contribution in [3.05, 3.63) is 28.5 Å². The first-order chi connectivity index (χ1) is 8.53. The maximum Gasteiger partial charge on any atom is 0.136 e. The number of hydrogen-bond donors (Lipinski definition) is 0. The molecule has 0 aromatic heterocycles. The van der Waals surface area contributed by atoms with Crippen molar-refractivity contribution in [2.75, 3.05) is 0 Å². The van der Waals surface area contributed by atoms with Crippen LogP contribution in [0.2, 0.25) is 0 Å². The van der Waals surface area contributed by atoms with E-state index in [1.54, 1.807) is 6.07 Å². The lowest BCUT2D eigenvalue weighted by Gasteiger charge is -2.52. The number of halogens is 3. The van der Waals surface area contributed by atoms with Crippen molar-refractivity contribution in [2.45, 2.75) is 44.6 Å². The van der Waals surface area contributed by atoms with Gasteiger partial charge in [0.25, 0.3) is 0 Å². The van der Waals surface area contributed by atoms with Crippen LogP contribution in [-0.2, 0) is 0 Å². The fourth-order valence-corrected chi connectivity index (χ4v) is 3.68. The fraction of sp³-hybridized carbons (Fsp3) is 0.571. The summed E-state index contributed by atoms with van der Waals surface area (Å²) in [4.78, 5) is 0. The van der Waals surface area contributed by atoms with Crippen LogP contribution in [0.4, 0.5) is 4.39 Å². The van der Waals surface area contributed by atoms with E-state index in [0.717, 1.165) is 23.7 Å². The zero-order valence-corrected chi connectivity index (χ0v) is 12.9. The Hall–Kier alpha value is -0.280. The minimum atomic E-state index is -0.284. The van der Waals surface area contributed by atoms with Gasteiger partial charge in [0, 0.05) is 23.3 Å². The van der Waals surface area contributed by atoms with Crippen molar-refractivity contribution < 1.29 is 9.13 Å². The van der Waals surface area contributed by atoms with Gasteiger partial charge in [-0.05, 0) is 40.9 Å². The highest BCUT2D eigenvalue weighted by Gasteiger charge is 2.53. The van der Waals surface area contributed by atoms with Crippen molar-refractivity contribution >= 4 is 27.5 Å². The molecular weight excluding hydrogens is 319 g/mol. The molecule has 18 heavy (non-hydrogen) atoms. The lowest BCUT2D eigenvalue weighted by Crippen LogP contribution is -2.56. The molecular formula is C14H17BrClFO. The first-order valence-electron chi connectivity index (χ1n) is 6.29. The average Bonchev–Trinajstić information content (AvgIpc) is 2.35. The van der Waals surface area contributed by atoms with Crippen LogP contribution in [0.3, 0.4) is 0 Å². The maximum absolute atomic E-state index is 13.2. The van der Waals surface area contributed by atoms with Crippen molar-refractivity contribution in [3.8, 4) is 5.75 Å². The van der Waals surface area contributed by atoms with Crippen LogP contribution >= 0.6 is 27.5 Å². The van der Waals surface area contributed by atoms with E-state index in [2.05, 4.69) is 29.8 Å². The summed E-state index contributed by atoms with van der Waals surface area (Å²) in [6, 6.07) is 4.50. The fourth-order valence-electron chi connectivity index (χ4n) is 2.73. The lowest BCUT2D eigenvalue weighted by molar-refractivity contribution is -0.0467. The van der Waals surface area contributed by atoms with Gasteiger partial charge < -0.3 is 4.74 Å². The molecule has 0 radical (unpaired) electrons. The Morgan fingerprint density at radius 3 is 2.67 bits per heavy atom. The summed E-state index contributed by atoms with van der Waals surface area (Å²) in [6.45, 7) is 4.27. The minimum Gasteiger partial charge on any atom is -0.488 e. The third kappa shape index (κ3) is 2.27. The molecule has 1 aliphatic carbocycles. The van der Waals surface area contributed by atoms with E-state index in [9.17, 15) is 4.39 Å². The molecule has 0 heterocycles. The predicted molar refractivity (Wildman–Crippen MR) is 75.8 cm³/mol. The Labute approximate surface area is 121 Å². The largest absolute Gasteiger partial charge is 0.488 e. The van der Waals surface area contributed by atoms with Gasteiger partial charge in [0.05, 0.1) is 4.47 Å². The molecule has 1 nitrogen and oxygen atoms in total. The van der Waals surface area contributed by atoms with E-state index in [4.69, 9.17) is 16.3 Å². The highest BCUT2D eigenvalue weighted by Crippen LogP contribution is 2.52. The molecule has 100 valence electrons. The summed E-state index contributed by atoms with van der Waals surface area (Å²) >= 11 is 9.72. The van der Waals surface area contributed by atoms with Crippen molar-refractivity contribution in [1.29, 1.82) is 0 Å². The molecule has 0 amide bonds. The van der Waals surface area contributed by atoms with Crippen LogP contribution in [0.25, 0.3) is 0 Å². The Bertz CT molecular complexity index is 434. The third-order valence-electron chi connectivity index (χ3n) is 4.17. The van der Waals surface area contributed by atoms with Gasteiger partial charge in [-0.2, -0.15) is 0 Å². The van der Waals surface area contributed by atoms with Crippen molar-refractivity contribution in [2.24, 2.45) is 5.41 Å². The minimum absolute atomic E-state index is 0.0211. The molecule has 4 heteroatoms. The zero-order chi connectivity index (χ0) is 13.3. The van der Waals surface area contributed by atoms with Crippen LogP contribution in [0.5, 0.6) is 5.75 Å². The van der Waals surface area contributed by atoms with Gasteiger partial charge >= 0.3 is 0 Å². The average molecular weight is 336 g/mol. The number of alkyl halides is 1. The second kappa shape index (κ2) is 5.38. The van der Waals surface area contributed by atoms with Crippen LogP contribution in [0.15, 0.2) is 22.7 Å². The van der Waals surface area contributed by atoms with E-state index in [-0.39, 0.29) is 22.7 Å². The van der Waals surface area contributed by atoms with Crippen LogP contribution in [-0.4, -0.2) is 11.5 Å². The topological polar surface area (TPSA) is 9.23 Å². The van der Waals surface area contributed by atoms with Gasteiger partial charge in [-0.15, -0.1) is 11.6 Å². The quantitative estimate of drug-likeness (QED) is 0.691. The first-order valence-corrected chi connectivity index (χ1v) is 7.52. The monoisotopic (exact) mass is 334 g/mol. The van der Waals surface area contributed by atoms with E-state index >= 15 is 0 Å². The Morgan fingerprint density at radius 2 is 2.11 bits per heavy atom. The molecule has 2 unspecified atom stereocenters. The highest BCUT2D eigenvalue weighted by molar-refractivity contribution is 9.10. The summed E-state index contributed by atoms with van der Waals surface area (Å²) in [7, 11) is 0. The van der Waals surface area contributed by atoms with Gasteiger partial charge in [0.1, 0.15) is 17.7 Å². The summed E-state index contributed by atoms with van der Waals surface area (Å²) in [6.07, 6.45) is 2.87. The molecule has 1 aliphatic rings. The van der Waals surface area contributed by atoms with Gasteiger partial charge in [-0.1, -0.05) is 13.8 Å². The van der Waals surface area contributed by atoms with Crippen LogP contribution in [0.1, 0.15) is 33.1 Å². The van der Waals surface area contributed by atoms with E-state index in [1.165, 1.54) is 12.1 Å². The van der Waals surface area contributed by atoms with Crippen molar-refractivity contribution in [1.82, 2.24) is 0 Å². The molecule has 0 aliphatic heterocycles. The summed E-state index contributed by atoms with van der Waals surface area (Å²) in [5, 5.41) is 0.157. The molecule has 0 spiro atoms. The van der Waals surface area contributed by atoms with Crippen LogP contribution < -0.4 is 4.74 Å². The first kappa shape index (κ1) is 14.1. The Balaban J connectivity index is 2.17. The maximum atomic E-state index is 13.2. The number of hydrogen-bond acceptors (Lipinski definition) is 1. The Kier molecular flexibility index (Phi) is 4.22. The normalized spacial score (nSPS) is 25.6. The molecule has 0 N–H and O–H groups in total. The molecule has 1 aromatic rings. The number of benzene rings is 1. The van der Waals surface area contributed by atoms with E-state index in [1.807, 2.05) is 0 Å². The summed E-state index contributed by atoms with van der Waals surface area (Å²) in [5.41, 5.74) is 0.0211. The Morgan fingerprint density at radius 1 is 1.44 bits per heavy atom. The number of ether oxygens (including phenoxy) is 1. The molecule has 2 rings (SSSR count). The molecule has 1 saturated carbocycles. The smallest absolute Gasteiger partial charge is 0.136 e. The molecule has 0 bridgehead atoms. The highest BCUT2D eigenvalue weighted by atomic mass is 79.9.